The summed E-state index contributed by atoms with van der Waals surface area (Å²) in [6, 6.07) is 16.0. The molecular formula is C21H19N3O2. The summed E-state index contributed by atoms with van der Waals surface area (Å²) < 4.78 is 0. The van der Waals surface area contributed by atoms with Gasteiger partial charge in [0.2, 0.25) is 0 Å². The number of anilines is 2. The Morgan fingerprint density at radius 1 is 0.769 bits per heavy atom. The first-order chi connectivity index (χ1) is 12.6. The molecule has 2 amide bonds. The maximum Gasteiger partial charge on any atom is 0.257 e. The average molecular weight is 345 g/mol. The number of carbonyl (C=O) groups is 2. The molecule has 0 aliphatic carbocycles. The van der Waals surface area contributed by atoms with E-state index in [0.29, 0.717) is 16.8 Å². The number of aryl methyl sites for hydroxylation is 2. The van der Waals surface area contributed by atoms with Gasteiger partial charge in [-0.05, 0) is 49.2 Å². The predicted octanol–water partition coefficient (Wildman–Crippen LogP) is 4.20. The third-order valence-corrected chi connectivity index (χ3v) is 4.08. The first-order valence-corrected chi connectivity index (χ1v) is 8.24. The second kappa shape index (κ2) is 7.61. The Morgan fingerprint density at radius 3 is 2.12 bits per heavy atom. The number of nitrogens with zero attached hydrogens (tertiary/aromatic N) is 1. The third kappa shape index (κ3) is 3.78. The molecule has 3 aromatic rings. The van der Waals surface area contributed by atoms with Crippen molar-refractivity contribution in [3.8, 4) is 0 Å². The fourth-order valence-electron chi connectivity index (χ4n) is 2.68. The minimum atomic E-state index is -0.292. The van der Waals surface area contributed by atoms with Gasteiger partial charge in [-0.3, -0.25) is 14.6 Å². The summed E-state index contributed by atoms with van der Waals surface area (Å²) in [5, 5.41) is 5.74. The van der Waals surface area contributed by atoms with Crippen LogP contribution in [0.15, 0.2) is 67.0 Å². The molecule has 26 heavy (non-hydrogen) atoms. The third-order valence-electron chi connectivity index (χ3n) is 4.08. The number of rotatable bonds is 4. The van der Waals surface area contributed by atoms with Gasteiger partial charge >= 0.3 is 0 Å². The number of para-hydroxylation sites is 2. The van der Waals surface area contributed by atoms with E-state index in [-0.39, 0.29) is 11.8 Å². The van der Waals surface area contributed by atoms with E-state index in [1.165, 1.54) is 0 Å². The molecule has 0 spiro atoms. The molecule has 0 radical (unpaired) electrons. The highest BCUT2D eigenvalue weighted by Gasteiger charge is 2.15. The van der Waals surface area contributed by atoms with E-state index in [9.17, 15) is 9.59 Å². The second-order valence-electron chi connectivity index (χ2n) is 5.96. The first kappa shape index (κ1) is 17.4. The van der Waals surface area contributed by atoms with E-state index >= 15 is 0 Å². The summed E-state index contributed by atoms with van der Waals surface area (Å²) in [5.74, 6) is -0.562. The van der Waals surface area contributed by atoms with Crippen LogP contribution in [0, 0.1) is 13.8 Å². The zero-order valence-corrected chi connectivity index (χ0v) is 14.6. The van der Waals surface area contributed by atoms with Crippen molar-refractivity contribution in [2.75, 3.05) is 10.6 Å². The Hall–Kier alpha value is -3.47. The first-order valence-electron chi connectivity index (χ1n) is 8.24. The van der Waals surface area contributed by atoms with Gasteiger partial charge in [0.15, 0.2) is 0 Å². The molecule has 0 saturated carbocycles. The maximum absolute atomic E-state index is 12.8. The molecule has 3 rings (SSSR count). The van der Waals surface area contributed by atoms with E-state index in [1.54, 1.807) is 48.8 Å². The topological polar surface area (TPSA) is 71.1 Å². The number of carbonyl (C=O) groups excluding carboxylic acids is 2. The molecule has 0 aliphatic rings. The predicted molar refractivity (Wildman–Crippen MR) is 103 cm³/mol. The maximum atomic E-state index is 12.8. The van der Waals surface area contributed by atoms with Crippen molar-refractivity contribution >= 4 is 23.2 Å². The zero-order valence-electron chi connectivity index (χ0n) is 14.6. The van der Waals surface area contributed by atoms with Crippen molar-refractivity contribution in [2.45, 2.75) is 13.8 Å². The molecule has 5 nitrogen and oxygen atoms in total. The van der Waals surface area contributed by atoms with Crippen LogP contribution in [0.3, 0.4) is 0 Å². The number of benzene rings is 2. The summed E-state index contributed by atoms with van der Waals surface area (Å²) in [7, 11) is 0. The fraction of sp³-hybridized carbons (Fsp3) is 0.0952. The largest absolute Gasteiger partial charge is 0.321 e. The summed E-state index contributed by atoms with van der Waals surface area (Å²) in [5.41, 5.74) is 4.08. The molecule has 0 aliphatic heterocycles. The lowest BCUT2D eigenvalue weighted by Gasteiger charge is -2.14. The summed E-state index contributed by atoms with van der Waals surface area (Å²) >= 11 is 0. The standard InChI is InChI=1S/C21H19N3O2/c1-14-6-5-7-15(2)19(14)24-21(26)17-8-3-4-9-18(17)23-20(25)16-10-12-22-13-11-16/h3-13H,1-2H3,(H,23,25)(H,24,26). The van der Waals surface area contributed by atoms with E-state index in [2.05, 4.69) is 15.6 Å². The van der Waals surface area contributed by atoms with Crippen LogP contribution in [0.2, 0.25) is 0 Å². The smallest absolute Gasteiger partial charge is 0.257 e. The summed E-state index contributed by atoms with van der Waals surface area (Å²) in [4.78, 5) is 29.1. The molecule has 1 aromatic heterocycles. The Bertz CT molecular complexity index is 932. The van der Waals surface area contributed by atoms with Gasteiger partial charge in [-0.15, -0.1) is 0 Å². The molecule has 2 aromatic carbocycles. The fourth-order valence-corrected chi connectivity index (χ4v) is 2.68. The van der Waals surface area contributed by atoms with Crippen LogP contribution in [0.5, 0.6) is 0 Å². The van der Waals surface area contributed by atoms with Crippen LogP contribution in [0.25, 0.3) is 0 Å². The van der Waals surface area contributed by atoms with Crippen molar-refractivity contribution in [1.82, 2.24) is 4.98 Å². The number of amides is 2. The average Bonchev–Trinajstić information content (AvgIpc) is 2.66. The molecule has 2 N–H and O–H groups in total. The highest BCUT2D eigenvalue weighted by molar-refractivity contribution is 6.12. The van der Waals surface area contributed by atoms with Gasteiger partial charge in [0.05, 0.1) is 11.3 Å². The second-order valence-corrected chi connectivity index (χ2v) is 5.96. The Morgan fingerprint density at radius 2 is 1.42 bits per heavy atom. The lowest BCUT2D eigenvalue weighted by Crippen LogP contribution is -2.19. The van der Waals surface area contributed by atoms with Gasteiger partial charge in [0.1, 0.15) is 0 Å². The molecular weight excluding hydrogens is 326 g/mol. The number of aromatic nitrogens is 1. The van der Waals surface area contributed by atoms with Crippen molar-refractivity contribution in [2.24, 2.45) is 0 Å². The van der Waals surface area contributed by atoms with Crippen LogP contribution in [0.4, 0.5) is 11.4 Å². The molecule has 0 atom stereocenters. The molecule has 5 heteroatoms. The van der Waals surface area contributed by atoms with Crippen LogP contribution in [0.1, 0.15) is 31.8 Å². The van der Waals surface area contributed by atoms with Crippen molar-refractivity contribution in [1.29, 1.82) is 0 Å². The molecule has 0 unspecified atom stereocenters. The van der Waals surface area contributed by atoms with Gasteiger partial charge < -0.3 is 10.6 Å². The number of hydrogen-bond acceptors (Lipinski definition) is 3. The lowest BCUT2D eigenvalue weighted by molar-refractivity contribution is 0.102. The van der Waals surface area contributed by atoms with Crippen molar-refractivity contribution in [3.05, 3.63) is 89.2 Å². The van der Waals surface area contributed by atoms with Crippen LogP contribution < -0.4 is 10.6 Å². The van der Waals surface area contributed by atoms with Gasteiger partial charge in [-0.2, -0.15) is 0 Å². The highest BCUT2D eigenvalue weighted by atomic mass is 16.2. The Labute approximate surface area is 152 Å². The number of hydrogen-bond donors (Lipinski definition) is 2. The van der Waals surface area contributed by atoms with Crippen LogP contribution in [-0.2, 0) is 0 Å². The normalized spacial score (nSPS) is 10.2. The van der Waals surface area contributed by atoms with E-state index in [4.69, 9.17) is 0 Å². The molecule has 0 fully saturated rings. The minimum absolute atomic E-state index is 0.270. The molecule has 130 valence electrons. The Balaban J connectivity index is 1.85. The number of nitrogens with one attached hydrogen (secondary N) is 2. The van der Waals surface area contributed by atoms with Crippen LogP contribution in [-0.4, -0.2) is 16.8 Å². The van der Waals surface area contributed by atoms with E-state index in [1.807, 2.05) is 32.0 Å². The summed E-state index contributed by atoms with van der Waals surface area (Å²) in [6.45, 7) is 3.89. The monoisotopic (exact) mass is 345 g/mol. The summed E-state index contributed by atoms with van der Waals surface area (Å²) in [6.07, 6.45) is 3.10. The molecule has 0 bridgehead atoms. The zero-order chi connectivity index (χ0) is 18.5. The number of pyridine rings is 1. The SMILES string of the molecule is Cc1cccc(C)c1NC(=O)c1ccccc1NC(=O)c1ccncc1. The minimum Gasteiger partial charge on any atom is -0.321 e. The van der Waals surface area contributed by atoms with Gasteiger partial charge in [-0.1, -0.05) is 30.3 Å². The van der Waals surface area contributed by atoms with E-state index < -0.39 is 0 Å². The van der Waals surface area contributed by atoms with Gasteiger partial charge in [0, 0.05) is 23.6 Å². The Kier molecular flexibility index (Phi) is 5.08. The van der Waals surface area contributed by atoms with Crippen molar-refractivity contribution in [3.63, 3.8) is 0 Å². The quantitative estimate of drug-likeness (QED) is 0.744. The van der Waals surface area contributed by atoms with Crippen molar-refractivity contribution < 1.29 is 9.59 Å². The van der Waals surface area contributed by atoms with Crippen LogP contribution >= 0.6 is 0 Å². The highest BCUT2D eigenvalue weighted by Crippen LogP contribution is 2.23. The van der Waals surface area contributed by atoms with Gasteiger partial charge in [-0.25, -0.2) is 0 Å². The lowest BCUT2D eigenvalue weighted by atomic mass is 10.1. The molecule has 0 saturated heterocycles. The van der Waals surface area contributed by atoms with E-state index in [0.717, 1.165) is 16.8 Å². The van der Waals surface area contributed by atoms with Gasteiger partial charge in [0.25, 0.3) is 11.8 Å². The molecule has 1 heterocycles.